The lowest BCUT2D eigenvalue weighted by Crippen LogP contribution is -2.42. The molecule has 0 fully saturated rings. The molecule has 2 aliphatic heterocycles. The fraction of sp³-hybridized carbons (Fsp3) is 0.163. The molecule has 12 heteroatoms. The molecule has 0 saturated heterocycles. The Morgan fingerprint density at radius 1 is 0.982 bits per heavy atom. The summed E-state index contributed by atoms with van der Waals surface area (Å²) in [4.78, 5) is 47.1. The zero-order valence-corrected chi connectivity index (χ0v) is 32.6. The number of fused-ring (bicyclic) bond motifs is 1. The van der Waals surface area contributed by atoms with Gasteiger partial charge in [0.05, 0.1) is 18.4 Å². The lowest BCUT2D eigenvalue weighted by Gasteiger charge is -2.28. The summed E-state index contributed by atoms with van der Waals surface area (Å²) < 4.78 is 23.5. The van der Waals surface area contributed by atoms with Crippen LogP contribution in [0.2, 0.25) is 0 Å². The van der Waals surface area contributed by atoms with Gasteiger partial charge in [0.1, 0.15) is 12.2 Å². The first kappa shape index (κ1) is 38.9. The van der Waals surface area contributed by atoms with Crippen molar-refractivity contribution in [3.63, 3.8) is 0 Å². The number of thioether (sulfide) groups is 1. The van der Waals surface area contributed by atoms with E-state index in [9.17, 15) is 14.4 Å². The maximum absolute atomic E-state index is 14.3. The Hall–Kier alpha value is -5.85. The van der Waals surface area contributed by atoms with Gasteiger partial charge in [-0.05, 0) is 72.5 Å². The number of hydrogen-bond donors (Lipinski definition) is 1. The molecule has 2 aliphatic rings. The minimum atomic E-state index is -0.744. The van der Waals surface area contributed by atoms with Gasteiger partial charge >= 0.3 is 0 Å². The number of amidine groups is 1. The topological polar surface area (TPSA) is 116 Å². The molecule has 4 aromatic carbocycles. The molecule has 4 aromatic rings. The molecule has 0 aromatic heterocycles. The highest BCUT2D eigenvalue weighted by atomic mass is 79.9. The molecule has 0 unspecified atom stereocenters. The minimum absolute atomic E-state index is 0.0708. The number of ether oxygens (including phenoxy) is 4. The second-order valence-electron chi connectivity index (χ2n) is 12.0. The van der Waals surface area contributed by atoms with Crippen molar-refractivity contribution in [1.82, 2.24) is 10.2 Å². The van der Waals surface area contributed by atoms with E-state index in [2.05, 4.69) is 32.8 Å². The van der Waals surface area contributed by atoms with Crippen molar-refractivity contribution in [2.24, 2.45) is 4.99 Å². The van der Waals surface area contributed by atoms with Crippen molar-refractivity contribution in [1.29, 1.82) is 0 Å². The smallest absolute Gasteiger partial charge is 0.285 e. The highest BCUT2D eigenvalue weighted by molar-refractivity contribution is 9.10. The van der Waals surface area contributed by atoms with Crippen LogP contribution in [-0.2, 0) is 21.0 Å². The van der Waals surface area contributed by atoms with Crippen molar-refractivity contribution in [2.75, 3.05) is 19.2 Å². The van der Waals surface area contributed by atoms with Gasteiger partial charge in [-0.25, -0.2) is 0 Å². The molecule has 55 heavy (non-hydrogen) atoms. The molecule has 280 valence electrons. The fourth-order valence-corrected chi connectivity index (χ4v) is 7.03. The first-order chi connectivity index (χ1) is 26.8. The molecular formula is C43H38BrN3O7S. The van der Waals surface area contributed by atoms with E-state index in [1.807, 2.05) is 85.8 Å². The molecule has 3 amide bonds. The quantitative estimate of drug-likeness (QED) is 0.0765. The predicted octanol–water partition coefficient (Wildman–Crippen LogP) is 8.55. The van der Waals surface area contributed by atoms with E-state index < -0.39 is 17.9 Å². The Bertz CT molecular complexity index is 2160. The summed E-state index contributed by atoms with van der Waals surface area (Å²) in [6.45, 7) is 8.11. The highest BCUT2D eigenvalue weighted by Crippen LogP contribution is 2.38. The summed E-state index contributed by atoms with van der Waals surface area (Å²) in [7, 11) is 0. The minimum Gasteiger partial charge on any atom is -0.490 e. The maximum atomic E-state index is 14.3. The van der Waals surface area contributed by atoms with E-state index >= 15 is 0 Å². The molecule has 0 spiro atoms. The monoisotopic (exact) mass is 819 g/mol. The fourth-order valence-electron chi connectivity index (χ4n) is 5.78. The predicted molar refractivity (Wildman–Crippen MR) is 218 cm³/mol. The van der Waals surface area contributed by atoms with Crippen LogP contribution in [0.3, 0.4) is 0 Å². The van der Waals surface area contributed by atoms with Crippen LogP contribution in [0.25, 0.3) is 6.08 Å². The van der Waals surface area contributed by atoms with Gasteiger partial charge in [0.15, 0.2) is 28.2 Å². The number of hydrogen-bond acceptors (Lipinski definition) is 8. The summed E-state index contributed by atoms with van der Waals surface area (Å²) in [5, 5.41) is 3.18. The van der Waals surface area contributed by atoms with Gasteiger partial charge in [-0.1, -0.05) is 119 Å². The molecule has 10 nitrogen and oxygen atoms in total. The Morgan fingerprint density at radius 3 is 2.35 bits per heavy atom. The largest absolute Gasteiger partial charge is 0.490 e. The lowest BCUT2D eigenvalue weighted by atomic mass is 9.99. The molecule has 1 N–H and O–H groups in total. The number of benzene rings is 4. The van der Waals surface area contributed by atoms with Crippen molar-refractivity contribution in [3.05, 3.63) is 160 Å². The molecule has 0 radical (unpaired) electrons. The first-order valence-electron chi connectivity index (χ1n) is 17.4. The Kier molecular flexibility index (Phi) is 13.0. The average molecular weight is 821 g/mol. The van der Waals surface area contributed by atoms with Crippen molar-refractivity contribution >= 4 is 56.7 Å². The number of aliphatic imine (C=N–C) groups is 1. The second-order valence-corrected chi connectivity index (χ2v) is 13.8. The summed E-state index contributed by atoms with van der Waals surface area (Å²) in [6.07, 6.45) is 8.13. The average Bonchev–Trinajstić information content (AvgIpc) is 3.68. The van der Waals surface area contributed by atoms with Gasteiger partial charge in [0.25, 0.3) is 11.8 Å². The van der Waals surface area contributed by atoms with Crippen LogP contribution in [0.5, 0.6) is 23.0 Å². The summed E-state index contributed by atoms with van der Waals surface area (Å²) in [5.74, 6) is 0.448. The lowest BCUT2D eigenvalue weighted by molar-refractivity contribution is -0.126. The number of nitrogens with zero attached hydrogens (tertiary/aromatic N) is 2. The number of allylic oxidation sites excluding steroid dienone is 4. The number of halogens is 1. The standard InChI is InChI=1S/C43H38BrN3O7S/c1-4-7-18-32(5-2)47-42(50)33(22-31-23-37(51-6-3)38(24-34(31)44)52-25-28-19-20-35-36(21-28)54-27-53-35)41(49)46-43(47)55-26-39(48)45-40(29-14-10-8-11-15-29)30-16-12-9-13-17-30/h4-5,7-24,40H,1,6,25-27H2,2-3H3,(H,45,48)/b18-7-,32-5+,33-22+. The summed E-state index contributed by atoms with van der Waals surface area (Å²) >= 11 is 4.59. The maximum Gasteiger partial charge on any atom is 0.285 e. The number of carbonyl (C=O) groups excluding carboxylic acids is 3. The van der Waals surface area contributed by atoms with Crippen LogP contribution in [0, 0.1) is 0 Å². The first-order valence-corrected chi connectivity index (χ1v) is 19.2. The van der Waals surface area contributed by atoms with Crippen LogP contribution in [-0.4, -0.2) is 46.9 Å². The second kappa shape index (κ2) is 18.5. The van der Waals surface area contributed by atoms with Crippen molar-refractivity contribution in [2.45, 2.75) is 26.5 Å². The molecular weight excluding hydrogens is 782 g/mol. The third-order valence-electron chi connectivity index (χ3n) is 8.41. The van der Waals surface area contributed by atoms with Gasteiger partial charge in [-0.3, -0.25) is 19.3 Å². The molecule has 0 bridgehead atoms. The normalized spacial score (nSPS) is 14.8. The van der Waals surface area contributed by atoms with E-state index in [1.54, 1.807) is 43.4 Å². The number of nitrogens with one attached hydrogen (secondary N) is 1. The van der Waals surface area contributed by atoms with E-state index in [0.29, 0.717) is 45.3 Å². The van der Waals surface area contributed by atoms with Crippen LogP contribution < -0.4 is 24.3 Å². The summed E-state index contributed by atoms with van der Waals surface area (Å²) in [5.41, 5.74) is 3.47. The van der Waals surface area contributed by atoms with Gasteiger partial charge in [-0.15, -0.1) is 0 Å². The van der Waals surface area contributed by atoms with Gasteiger partial charge < -0.3 is 24.3 Å². The van der Waals surface area contributed by atoms with Crippen molar-refractivity contribution < 1.29 is 33.3 Å². The van der Waals surface area contributed by atoms with Crippen molar-refractivity contribution in [3.8, 4) is 23.0 Å². The van der Waals surface area contributed by atoms with Crippen LogP contribution in [0.4, 0.5) is 0 Å². The van der Waals surface area contributed by atoms with Crippen LogP contribution in [0.15, 0.2) is 143 Å². The van der Waals surface area contributed by atoms with Gasteiger partial charge in [-0.2, -0.15) is 4.99 Å². The molecule has 2 heterocycles. The van der Waals surface area contributed by atoms with Gasteiger partial charge in [0, 0.05) is 10.2 Å². The Labute approximate surface area is 332 Å². The Balaban J connectivity index is 1.25. The molecule has 0 saturated carbocycles. The highest BCUT2D eigenvalue weighted by Gasteiger charge is 2.35. The van der Waals surface area contributed by atoms with Crippen LogP contribution >= 0.6 is 27.7 Å². The third-order valence-corrected chi connectivity index (χ3v) is 10.0. The zero-order chi connectivity index (χ0) is 38.7. The third kappa shape index (κ3) is 9.45. The molecule has 0 aliphatic carbocycles. The summed E-state index contributed by atoms with van der Waals surface area (Å²) in [6, 6.07) is 27.9. The van der Waals surface area contributed by atoms with Crippen LogP contribution in [0.1, 0.15) is 42.1 Å². The van der Waals surface area contributed by atoms with E-state index in [0.717, 1.165) is 28.5 Å². The van der Waals surface area contributed by atoms with Gasteiger partial charge in [0.2, 0.25) is 12.7 Å². The van der Waals surface area contributed by atoms with E-state index in [1.165, 1.54) is 11.0 Å². The number of amides is 3. The SMILES string of the molecule is C=C/C=C\C(=C/C)N1C(=O)/C(=C/c2cc(OCC)c(OCc3ccc4c(c3)OCO4)cc2Br)C(=O)N=C1SCC(=O)NC(c1ccccc1)c1ccccc1. The van der Waals surface area contributed by atoms with E-state index in [-0.39, 0.29) is 35.8 Å². The molecule has 6 rings (SSSR count). The molecule has 0 atom stereocenters. The Morgan fingerprint density at radius 2 is 1.67 bits per heavy atom. The number of carbonyl (C=O) groups is 3. The zero-order valence-electron chi connectivity index (χ0n) is 30.2. The number of rotatable bonds is 14. The van der Waals surface area contributed by atoms with E-state index in [4.69, 9.17) is 18.9 Å².